The van der Waals surface area contributed by atoms with E-state index in [1.54, 1.807) is 24.4 Å². The van der Waals surface area contributed by atoms with Crippen molar-refractivity contribution < 1.29 is 19.1 Å². The first-order valence-electron chi connectivity index (χ1n) is 19.6. The van der Waals surface area contributed by atoms with Crippen molar-refractivity contribution in [1.82, 2.24) is 25.3 Å². The highest BCUT2D eigenvalue weighted by atomic mass is 35.5. The molecule has 3 saturated heterocycles. The van der Waals surface area contributed by atoms with Gasteiger partial charge in [0.25, 0.3) is 17.4 Å². The molecule has 14 heteroatoms. The number of nitrogens with zero attached hydrogens (tertiary/aromatic N) is 6. The van der Waals surface area contributed by atoms with Crippen LogP contribution in [0.1, 0.15) is 62.5 Å². The van der Waals surface area contributed by atoms with Gasteiger partial charge in [-0.1, -0.05) is 39.3 Å². The first-order chi connectivity index (χ1) is 27.2. The Morgan fingerprint density at radius 2 is 1.65 bits per heavy atom. The second-order valence-corrected chi connectivity index (χ2v) is 17.4. The molecule has 8 rings (SSSR count). The molecule has 0 radical (unpaired) electrons. The van der Waals surface area contributed by atoms with E-state index in [9.17, 15) is 24.4 Å². The molecule has 13 nitrogen and oxygen atoms in total. The van der Waals surface area contributed by atoms with E-state index in [1.165, 1.54) is 4.68 Å². The molecule has 4 fully saturated rings. The smallest absolute Gasteiger partial charge is 0.275 e. The van der Waals surface area contributed by atoms with Crippen LogP contribution in [0.5, 0.6) is 5.75 Å². The van der Waals surface area contributed by atoms with Crippen molar-refractivity contribution in [1.29, 1.82) is 5.26 Å². The monoisotopic (exact) mass is 790 g/mol. The van der Waals surface area contributed by atoms with E-state index >= 15 is 0 Å². The third-order valence-electron chi connectivity index (χ3n) is 12.4. The van der Waals surface area contributed by atoms with Gasteiger partial charge in [-0.15, -0.1) is 0 Å². The standard InChI is InChI=1S/C43H47ClN8O5/c1-42(2)40(43(3,4)41(42)57-32-11-7-28(21-45)34(44)20-32)48-37(54)27-5-8-30(9-6-27)51-24-26(25-51)23-49-15-17-50(18-16-49)31-10-12-33-29(19-31)22-46-52(39(33)56)35-13-14-36(53)47-38(35)55/h5-12,19-20,22,26,35,40-41H,13-18,23-25H2,1-4H3,(H,48,54)(H,47,53,55)/t35-,40-,41-/m0/s1. The molecule has 4 aromatic rings. The van der Waals surface area contributed by atoms with Crippen LogP contribution in [0.25, 0.3) is 10.8 Å². The highest BCUT2D eigenvalue weighted by Gasteiger charge is 2.64. The van der Waals surface area contributed by atoms with Crippen LogP contribution >= 0.6 is 11.6 Å². The van der Waals surface area contributed by atoms with Gasteiger partial charge in [0.05, 0.1) is 22.2 Å². The first kappa shape index (κ1) is 38.4. The number of piperazine rings is 1. The molecule has 0 spiro atoms. The van der Waals surface area contributed by atoms with Crippen molar-refractivity contribution in [2.45, 2.75) is 58.7 Å². The quantitative estimate of drug-likeness (QED) is 0.227. The molecule has 57 heavy (non-hydrogen) atoms. The van der Waals surface area contributed by atoms with Crippen LogP contribution in [0.3, 0.4) is 0 Å². The van der Waals surface area contributed by atoms with Crippen LogP contribution in [0.15, 0.2) is 71.7 Å². The maximum Gasteiger partial charge on any atom is 0.275 e. The zero-order chi connectivity index (χ0) is 40.2. The summed E-state index contributed by atoms with van der Waals surface area (Å²) < 4.78 is 7.57. The fraction of sp³-hybridized carbons (Fsp3) is 0.442. The normalized spacial score (nSPS) is 23.3. The molecule has 0 bridgehead atoms. The molecule has 1 aliphatic carbocycles. The SMILES string of the molecule is CC1(C)[C@H](NC(=O)c2ccc(N3CC(CN4CCN(c5ccc6c(=O)n([C@H]7CCC(=O)NC7=O)ncc6c5)CC4)C3)cc2)C(C)(C)[C@H]1Oc1ccc(C#N)c(Cl)c1. The molecular weight excluding hydrogens is 744 g/mol. The topological polar surface area (TPSA) is 153 Å². The summed E-state index contributed by atoms with van der Waals surface area (Å²) in [6.07, 6.45) is 1.90. The zero-order valence-corrected chi connectivity index (χ0v) is 33.4. The van der Waals surface area contributed by atoms with Crippen LogP contribution in [-0.2, 0) is 9.59 Å². The average Bonchev–Trinajstić information content (AvgIpc) is 3.17. The number of hydrogen-bond donors (Lipinski definition) is 2. The van der Waals surface area contributed by atoms with Crippen molar-refractivity contribution >= 4 is 51.5 Å². The van der Waals surface area contributed by atoms with Gasteiger partial charge in [0.15, 0.2) is 0 Å². The van der Waals surface area contributed by atoms with E-state index in [0.717, 1.165) is 62.6 Å². The van der Waals surface area contributed by atoms with Crippen LogP contribution in [0.4, 0.5) is 11.4 Å². The van der Waals surface area contributed by atoms with Crippen LogP contribution in [0, 0.1) is 28.1 Å². The molecule has 1 aromatic heterocycles. The largest absolute Gasteiger partial charge is 0.489 e. The Morgan fingerprint density at radius 3 is 2.32 bits per heavy atom. The average molecular weight is 791 g/mol. The van der Waals surface area contributed by atoms with Gasteiger partial charge in [-0.3, -0.25) is 29.4 Å². The molecule has 2 N–H and O–H groups in total. The van der Waals surface area contributed by atoms with Crippen LogP contribution in [0.2, 0.25) is 5.02 Å². The first-order valence-corrected chi connectivity index (χ1v) is 20.0. The van der Waals surface area contributed by atoms with Crippen molar-refractivity contribution in [2.24, 2.45) is 16.7 Å². The van der Waals surface area contributed by atoms with E-state index in [1.807, 2.05) is 42.5 Å². The molecule has 1 saturated carbocycles. The predicted octanol–water partition coefficient (Wildman–Crippen LogP) is 4.77. The van der Waals surface area contributed by atoms with E-state index in [-0.39, 0.29) is 53.2 Å². The number of carbonyl (C=O) groups is 3. The van der Waals surface area contributed by atoms with Gasteiger partial charge in [-0.25, -0.2) is 4.68 Å². The Labute approximate surface area is 336 Å². The van der Waals surface area contributed by atoms with E-state index in [2.05, 4.69) is 64.2 Å². The number of carbonyl (C=O) groups excluding carboxylic acids is 3. The Morgan fingerprint density at radius 1 is 0.947 bits per heavy atom. The van der Waals surface area contributed by atoms with Crippen molar-refractivity contribution in [3.8, 4) is 11.8 Å². The second-order valence-electron chi connectivity index (χ2n) is 17.0. The number of nitriles is 1. The lowest BCUT2D eigenvalue weighted by atomic mass is 9.49. The third-order valence-corrected chi connectivity index (χ3v) is 12.7. The van der Waals surface area contributed by atoms with Crippen molar-refractivity contribution in [3.05, 3.63) is 93.4 Å². The molecule has 4 aliphatic rings. The molecule has 3 aliphatic heterocycles. The lowest BCUT2D eigenvalue weighted by Gasteiger charge is -2.63. The number of aromatic nitrogens is 2. The minimum atomic E-state index is -0.784. The maximum atomic E-state index is 13.5. The summed E-state index contributed by atoms with van der Waals surface area (Å²) in [6.45, 7) is 15.0. The third kappa shape index (κ3) is 7.21. The van der Waals surface area contributed by atoms with Crippen LogP contribution in [-0.4, -0.2) is 90.4 Å². The number of hydrogen-bond acceptors (Lipinski definition) is 10. The Bertz CT molecular complexity index is 2320. The van der Waals surface area contributed by atoms with Gasteiger partial charge in [0.2, 0.25) is 5.91 Å². The summed E-state index contributed by atoms with van der Waals surface area (Å²) in [6, 6.07) is 19.9. The summed E-state index contributed by atoms with van der Waals surface area (Å²) in [7, 11) is 0. The number of amides is 3. The number of nitrogens with one attached hydrogen (secondary N) is 2. The minimum Gasteiger partial charge on any atom is -0.489 e. The fourth-order valence-electron chi connectivity index (χ4n) is 9.57. The van der Waals surface area contributed by atoms with E-state index in [0.29, 0.717) is 33.2 Å². The summed E-state index contributed by atoms with van der Waals surface area (Å²) in [5, 5.41) is 20.7. The van der Waals surface area contributed by atoms with E-state index in [4.69, 9.17) is 16.3 Å². The Kier molecular flexibility index (Phi) is 9.98. The Hall–Kier alpha value is -5.45. The van der Waals surface area contributed by atoms with Gasteiger partial charge in [-0.2, -0.15) is 10.4 Å². The summed E-state index contributed by atoms with van der Waals surface area (Å²) >= 11 is 6.25. The summed E-state index contributed by atoms with van der Waals surface area (Å²) in [5.41, 5.74) is 2.15. The van der Waals surface area contributed by atoms with Gasteiger partial charge >= 0.3 is 0 Å². The zero-order valence-electron chi connectivity index (χ0n) is 32.6. The van der Waals surface area contributed by atoms with Crippen molar-refractivity contribution in [2.75, 3.05) is 55.6 Å². The molecule has 4 heterocycles. The molecule has 3 amide bonds. The molecule has 3 aromatic carbocycles. The molecule has 1 atom stereocenters. The lowest BCUT2D eigenvalue weighted by Crippen LogP contribution is -2.74. The highest BCUT2D eigenvalue weighted by molar-refractivity contribution is 6.31. The van der Waals surface area contributed by atoms with E-state index < -0.39 is 11.9 Å². The van der Waals surface area contributed by atoms with Gasteiger partial charge in [-0.05, 0) is 61.0 Å². The van der Waals surface area contributed by atoms with Gasteiger partial charge in [0.1, 0.15) is 24.0 Å². The summed E-state index contributed by atoms with van der Waals surface area (Å²) in [4.78, 5) is 57.8. The number of imide groups is 1. The lowest BCUT2D eigenvalue weighted by molar-refractivity contribution is -0.164. The molecule has 0 unspecified atom stereocenters. The van der Waals surface area contributed by atoms with Gasteiger partial charge in [0, 0.05) is 103 Å². The number of halogens is 1. The van der Waals surface area contributed by atoms with Crippen molar-refractivity contribution in [3.63, 3.8) is 0 Å². The number of fused-ring (bicyclic) bond motifs is 1. The Balaban J connectivity index is 0.796. The number of ether oxygens (including phenoxy) is 1. The maximum absolute atomic E-state index is 13.5. The number of rotatable bonds is 9. The van der Waals surface area contributed by atoms with Gasteiger partial charge < -0.3 is 19.9 Å². The number of anilines is 2. The highest BCUT2D eigenvalue weighted by Crippen LogP contribution is 2.55. The second kappa shape index (κ2) is 14.8. The molecular formula is C43H47ClN8O5. The predicted molar refractivity (Wildman–Crippen MR) is 218 cm³/mol. The van der Waals surface area contributed by atoms with Crippen LogP contribution < -0.4 is 30.7 Å². The number of benzene rings is 3. The number of piperidine rings is 1. The minimum absolute atomic E-state index is 0.110. The molecule has 296 valence electrons. The fourth-order valence-corrected chi connectivity index (χ4v) is 9.78. The summed E-state index contributed by atoms with van der Waals surface area (Å²) in [5.74, 6) is 0.237.